The van der Waals surface area contributed by atoms with Gasteiger partial charge in [-0.1, -0.05) is 12.1 Å². The molecule has 1 aliphatic heterocycles. The van der Waals surface area contributed by atoms with E-state index in [2.05, 4.69) is 20.7 Å². The largest absolute Gasteiger partial charge is 0.299 e. The van der Waals surface area contributed by atoms with Gasteiger partial charge in [0, 0.05) is 24.7 Å². The van der Waals surface area contributed by atoms with Gasteiger partial charge < -0.3 is 0 Å². The Morgan fingerprint density at radius 2 is 2.30 bits per heavy atom. The van der Waals surface area contributed by atoms with Gasteiger partial charge in [-0.05, 0) is 66.5 Å². The first-order valence-corrected chi connectivity index (χ1v) is 7.90. The summed E-state index contributed by atoms with van der Waals surface area (Å²) >= 11 is 1.51. The summed E-state index contributed by atoms with van der Waals surface area (Å²) in [6.45, 7) is 5.04. The summed E-state index contributed by atoms with van der Waals surface area (Å²) in [4.78, 5) is 2.47. The molecule has 3 rings (SSSR count). The van der Waals surface area contributed by atoms with Crippen molar-refractivity contribution in [3.05, 3.63) is 52.3 Å². The molecule has 1 aliphatic rings. The van der Waals surface area contributed by atoms with Crippen molar-refractivity contribution in [2.45, 2.75) is 26.3 Å². The first kappa shape index (κ1) is 13.7. The van der Waals surface area contributed by atoms with Crippen molar-refractivity contribution in [1.29, 1.82) is 0 Å². The van der Waals surface area contributed by atoms with Crippen molar-refractivity contribution in [3.63, 3.8) is 0 Å². The molecule has 1 unspecified atom stereocenters. The number of halogens is 1. The highest BCUT2D eigenvalue weighted by Gasteiger charge is 2.23. The van der Waals surface area contributed by atoms with Crippen LogP contribution < -0.4 is 0 Å². The van der Waals surface area contributed by atoms with Crippen LogP contribution in [0.2, 0.25) is 0 Å². The lowest BCUT2D eigenvalue weighted by molar-refractivity contribution is 0.316. The van der Waals surface area contributed by atoms with Crippen LogP contribution in [-0.4, -0.2) is 22.4 Å². The number of hydrogen-bond acceptors (Lipinski definition) is 3. The third kappa shape index (κ3) is 3.25. The molecule has 0 radical (unpaired) electrons. The highest BCUT2D eigenvalue weighted by atomic mass is 32.1. The van der Waals surface area contributed by atoms with E-state index < -0.39 is 0 Å². The molecule has 0 spiro atoms. The minimum absolute atomic E-state index is 0.0818. The van der Waals surface area contributed by atoms with Gasteiger partial charge in [0.15, 0.2) is 0 Å². The summed E-state index contributed by atoms with van der Waals surface area (Å²) in [5, 5.41) is 2.11. The molecule has 4 heteroatoms. The number of benzene rings is 1. The van der Waals surface area contributed by atoms with Gasteiger partial charge in [0.05, 0.1) is 0 Å². The Labute approximate surface area is 123 Å². The lowest BCUT2D eigenvalue weighted by atomic mass is 9.98. The Hall–Kier alpha value is -1.26. The minimum Gasteiger partial charge on any atom is -0.299 e. The van der Waals surface area contributed by atoms with Crippen LogP contribution >= 0.6 is 11.5 Å². The van der Waals surface area contributed by atoms with E-state index in [1.807, 2.05) is 19.2 Å². The quantitative estimate of drug-likeness (QED) is 0.854. The molecule has 1 aromatic heterocycles. The Morgan fingerprint density at radius 1 is 1.40 bits per heavy atom. The number of aromatic nitrogens is 1. The van der Waals surface area contributed by atoms with Crippen molar-refractivity contribution in [2.24, 2.45) is 5.92 Å². The third-order valence-electron chi connectivity index (χ3n) is 4.02. The SMILES string of the molecule is Cc1ccc(CC2CCN(Cc3cnsc3)C2)cc1F. The van der Waals surface area contributed by atoms with E-state index in [1.165, 1.54) is 23.5 Å². The molecular weight excluding hydrogens is 271 g/mol. The molecule has 2 heterocycles. The molecule has 1 fully saturated rings. The van der Waals surface area contributed by atoms with Gasteiger partial charge in [-0.25, -0.2) is 8.76 Å². The van der Waals surface area contributed by atoms with Crippen LogP contribution in [0.25, 0.3) is 0 Å². The molecule has 1 aromatic carbocycles. The Balaban J connectivity index is 1.56. The fourth-order valence-electron chi connectivity index (χ4n) is 2.88. The second-order valence-electron chi connectivity index (χ2n) is 5.71. The van der Waals surface area contributed by atoms with Gasteiger partial charge in [-0.15, -0.1) is 0 Å². The summed E-state index contributed by atoms with van der Waals surface area (Å²) < 4.78 is 17.7. The summed E-state index contributed by atoms with van der Waals surface area (Å²) in [6, 6.07) is 5.64. The van der Waals surface area contributed by atoms with Crippen LogP contribution in [0.4, 0.5) is 4.39 Å². The first-order chi connectivity index (χ1) is 9.70. The van der Waals surface area contributed by atoms with Crippen molar-refractivity contribution < 1.29 is 4.39 Å². The fourth-order valence-corrected chi connectivity index (χ4v) is 3.41. The molecule has 2 nitrogen and oxygen atoms in total. The number of aryl methyl sites for hydroxylation is 1. The zero-order valence-electron chi connectivity index (χ0n) is 11.7. The zero-order valence-corrected chi connectivity index (χ0v) is 12.5. The van der Waals surface area contributed by atoms with Gasteiger partial charge in [-0.2, -0.15) is 0 Å². The zero-order chi connectivity index (χ0) is 13.9. The topological polar surface area (TPSA) is 16.1 Å². The monoisotopic (exact) mass is 290 g/mol. The van der Waals surface area contributed by atoms with Crippen molar-refractivity contribution in [3.8, 4) is 0 Å². The minimum atomic E-state index is -0.0818. The lowest BCUT2D eigenvalue weighted by Gasteiger charge is -2.15. The van der Waals surface area contributed by atoms with Gasteiger partial charge in [-0.3, -0.25) is 4.90 Å². The number of hydrogen-bond donors (Lipinski definition) is 0. The Bertz CT molecular complexity index is 568. The number of nitrogens with zero attached hydrogens (tertiary/aromatic N) is 2. The van der Waals surface area contributed by atoms with Crippen LogP contribution in [0.15, 0.2) is 29.8 Å². The van der Waals surface area contributed by atoms with Gasteiger partial charge >= 0.3 is 0 Å². The molecule has 1 atom stereocenters. The Kier molecular flexibility index (Phi) is 4.13. The second kappa shape index (κ2) is 6.02. The van der Waals surface area contributed by atoms with Crippen LogP contribution in [0, 0.1) is 18.7 Å². The molecule has 0 bridgehead atoms. The van der Waals surface area contributed by atoms with E-state index in [-0.39, 0.29) is 5.82 Å². The van der Waals surface area contributed by atoms with Crippen LogP contribution in [0.1, 0.15) is 23.1 Å². The van der Waals surface area contributed by atoms with E-state index >= 15 is 0 Å². The van der Waals surface area contributed by atoms with Crippen LogP contribution in [-0.2, 0) is 13.0 Å². The molecule has 106 valence electrons. The van der Waals surface area contributed by atoms with Gasteiger partial charge in [0.1, 0.15) is 5.82 Å². The molecule has 20 heavy (non-hydrogen) atoms. The molecule has 0 aliphatic carbocycles. The third-order valence-corrected chi connectivity index (χ3v) is 4.66. The molecule has 2 aromatic rings. The average Bonchev–Trinajstić information content (AvgIpc) is 3.07. The summed E-state index contributed by atoms with van der Waals surface area (Å²) in [5.41, 5.74) is 3.15. The molecular formula is C16H19FN2S. The number of likely N-dealkylation sites (tertiary alicyclic amines) is 1. The van der Waals surface area contributed by atoms with Gasteiger partial charge in [0.2, 0.25) is 0 Å². The highest BCUT2D eigenvalue weighted by molar-refractivity contribution is 7.03. The van der Waals surface area contributed by atoms with E-state index in [4.69, 9.17) is 0 Å². The standard InChI is InChI=1S/C16H19FN2S/c1-12-2-3-13(7-16(12)17)6-14-4-5-19(9-14)10-15-8-18-20-11-15/h2-3,7-8,11,14H,4-6,9-10H2,1H3. The lowest BCUT2D eigenvalue weighted by Crippen LogP contribution is -2.20. The van der Waals surface area contributed by atoms with Crippen molar-refractivity contribution >= 4 is 11.5 Å². The molecule has 1 saturated heterocycles. The first-order valence-electron chi connectivity index (χ1n) is 7.06. The highest BCUT2D eigenvalue weighted by Crippen LogP contribution is 2.23. The van der Waals surface area contributed by atoms with Crippen molar-refractivity contribution in [1.82, 2.24) is 9.27 Å². The predicted molar refractivity (Wildman–Crippen MR) is 80.3 cm³/mol. The van der Waals surface area contributed by atoms with E-state index in [0.29, 0.717) is 5.92 Å². The summed E-state index contributed by atoms with van der Waals surface area (Å²) in [6.07, 6.45) is 4.13. The fraction of sp³-hybridized carbons (Fsp3) is 0.438. The van der Waals surface area contributed by atoms with E-state index in [0.717, 1.165) is 37.2 Å². The van der Waals surface area contributed by atoms with E-state index in [9.17, 15) is 4.39 Å². The summed E-state index contributed by atoms with van der Waals surface area (Å²) in [7, 11) is 0. The normalized spacial score (nSPS) is 19.6. The Morgan fingerprint density at radius 3 is 3.05 bits per heavy atom. The van der Waals surface area contributed by atoms with Gasteiger partial charge in [0.25, 0.3) is 0 Å². The smallest absolute Gasteiger partial charge is 0.126 e. The summed E-state index contributed by atoms with van der Waals surface area (Å²) in [5.74, 6) is 0.561. The van der Waals surface area contributed by atoms with Crippen LogP contribution in [0.5, 0.6) is 0 Å². The number of rotatable bonds is 4. The van der Waals surface area contributed by atoms with Crippen LogP contribution in [0.3, 0.4) is 0 Å². The molecule has 0 saturated carbocycles. The molecule has 0 amide bonds. The van der Waals surface area contributed by atoms with E-state index in [1.54, 1.807) is 6.07 Å². The maximum atomic E-state index is 13.6. The molecule has 0 N–H and O–H groups in total. The average molecular weight is 290 g/mol. The predicted octanol–water partition coefficient (Wildman–Crippen LogP) is 3.66. The maximum absolute atomic E-state index is 13.6. The maximum Gasteiger partial charge on any atom is 0.126 e. The van der Waals surface area contributed by atoms with Crippen molar-refractivity contribution in [2.75, 3.05) is 13.1 Å². The second-order valence-corrected chi connectivity index (χ2v) is 6.37.